The average molecular weight is 508 g/mol. The zero-order valence-corrected chi connectivity index (χ0v) is 20.2. The zero-order valence-electron chi connectivity index (χ0n) is 17.9. The number of thioether (sulfide) groups is 1. The molecule has 0 saturated carbocycles. The minimum atomic E-state index is -0.885. The van der Waals surface area contributed by atoms with Gasteiger partial charge in [0, 0.05) is 17.1 Å². The normalized spacial score (nSPS) is 10.9. The van der Waals surface area contributed by atoms with Gasteiger partial charge in [0.2, 0.25) is 0 Å². The van der Waals surface area contributed by atoms with Gasteiger partial charge in [0.25, 0.3) is 0 Å². The molecule has 174 valence electrons. The van der Waals surface area contributed by atoms with Crippen LogP contribution < -0.4 is 4.74 Å². The summed E-state index contributed by atoms with van der Waals surface area (Å²) < 4.78 is 18.9. The first-order chi connectivity index (χ1) is 15.9. The van der Waals surface area contributed by atoms with Crippen molar-refractivity contribution in [3.63, 3.8) is 0 Å². The number of unbranched alkanes of at least 4 members (excludes halogenated alkanes) is 1. The minimum absolute atomic E-state index is 0.0269. The predicted octanol–water partition coefficient (Wildman–Crippen LogP) is 7.24. The molecular weight excluding hydrogens is 484 g/mol. The van der Waals surface area contributed by atoms with Crippen LogP contribution in [0.5, 0.6) is 5.75 Å². The molecule has 1 heterocycles. The molecule has 3 rings (SSSR count). The summed E-state index contributed by atoms with van der Waals surface area (Å²) in [6.07, 6.45) is 2.82. The molecule has 0 unspecified atom stereocenters. The summed E-state index contributed by atoms with van der Waals surface area (Å²) in [6, 6.07) is 15.6. The highest BCUT2D eigenvalue weighted by Crippen LogP contribution is 2.35. The summed E-state index contributed by atoms with van der Waals surface area (Å²) >= 11 is 14.0. The second-order valence-electron chi connectivity index (χ2n) is 7.41. The minimum Gasteiger partial charge on any atom is -0.492 e. The summed E-state index contributed by atoms with van der Waals surface area (Å²) in [5, 5.41) is 10.3. The molecule has 0 aliphatic heterocycles. The quantitative estimate of drug-likeness (QED) is 0.207. The molecule has 1 N–H and O–H groups in total. The zero-order chi connectivity index (χ0) is 23.6. The van der Waals surface area contributed by atoms with Crippen LogP contribution in [0.1, 0.15) is 36.2 Å². The summed E-state index contributed by atoms with van der Waals surface area (Å²) in [4.78, 5) is 16.5. The Morgan fingerprint density at radius 2 is 1.73 bits per heavy atom. The van der Waals surface area contributed by atoms with E-state index in [0.29, 0.717) is 33.8 Å². The van der Waals surface area contributed by atoms with Crippen LogP contribution in [0, 0.1) is 5.82 Å². The van der Waals surface area contributed by atoms with Crippen molar-refractivity contribution < 1.29 is 19.0 Å². The molecule has 4 nitrogen and oxygen atoms in total. The number of carbonyl (C=O) groups is 1. The number of pyridine rings is 1. The van der Waals surface area contributed by atoms with Crippen LogP contribution in [-0.2, 0) is 23.4 Å². The highest BCUT2D eigenvalue weighted by atomic mass is 35.5. The molecule has 0 fully saturated rings. The molecule has 3 aromatic rings. The first-order valence-corrected chi connectivity index (χ1v) is 12.3. The molecule has 0 aliphatic carbocycles. The summed E-state index contributed by atoms with van der Waals surface area (Å²) in [5.41, 5.74) is 2.50. The molecule has 0 radical (unpaired) electrons. The number of aryl methyl sites for hydroxylation is 2. The van der Waals surface area contributed by atoms with Crippen LogP contribution in [0.3, 0.4) is 0 Å². The second-order valence-corrected chi connectivity index (χ2v) is 9.21. The van der Waals surface area contributed by atoms with Crippen molar-refractivity contribution in [2.75, 3.05) is 6.61 Å². The van der Waals surface area contributed by atoms with E-state index in [4.69, 9.17) is 33.0 Å². The third kappa shape index (κ3) is 8.22. The fourth-order valence-electron chi connectivity index (χ4n) is 3.18. The van der Waals surface area contributed by atoms with Crippen molar-refractivity contribution in [3.05, 3.63) is 87.4 Å². The lowest BCUT2D eigenvalue weighted by Crippen LogP contribution is -2.06. The number of hydrogen-bond acceptors (Lipinski definition) is 4. The Morgan fingerprint density at radius 3 is 2.42 bits per heavy atom. The number of rotatable bonds is 12. The average Bonchev–Trinajstić information content (AvgIpc) is 2.79. The summed E-state index contributed by atoms with van der Waals surface area (Å²) in [5.74, 6) is 0.0223. The highest BCUT2D eigenvalue weighted by Gasteiger charge is 2.12. The number of hydrogen-bond donors (Lipinski definition) is 1. The molecule has 2 aromatic carbocycles. The number of carboxylic acids is 1. The lowest BCUT2D eigenvalue weighted by molar-refractivity contribution is -0.136. The van der Waals surface area contributed by atoms with Crippen LogP contribution in [0.4, 0.5) is 4.39 Å². The lowest BCUT2D eigenvalue weighted by atomic mass is 10.1. The van der Waals surface area contributed by atoms with Crippen LogP contribution in [0.15, 0.2) is 59.5 Å². The largest absolute Gasteiger partial charge is 0.492 e. The Kier molecular flexibility index (Phi) is 9.85. The third-order valence-electron chi connectivity index (χ3n) is 4.88. The van der Waals surface area contributed by atoms with E-state index in [0.717, 1.165) is 35.4 Å². The van der Waals surface area contributed by atoms with E-state index >= 15 is 0 Å². The molecular formula is C25H24Cl2FNO3S. The molecule has 0 bridgehead atoms. The van der Waals surface area contributed by atoms with Crippen molar-refractivity contribution in [3.8, 4) is 5.75 Å². The topological polar surface area (TPSA) is 59.4 Å². The molecule has 8 heteroatoms. The van der Waals surface area contributed by atoms with E-state index in [1.54, 1.807) is 30.3 Å². The van der Waals surface area contributed by atoms with E-state index < -0.39 is 5.97 Å². The Hall–Kier alpha value is -2.28. The van der Waals surface area contributed by atoms with Crippen LogP contribution in [0.2, 0.25) is 10.0 Å². The van der Waals surface area contributed by atoms with Crippen molar-refractivity contribution in [2.24, 2.45) is 0 Å². The molecule has 33 heavy (non-hydrogen) atoms. The van der Waals surface area contributed by atoms with Gasteiger partial charge in [-0.05, 0) is 61.2 Å². The fraction of sp³-hybridized carbons (Fsp3) is 0.280. The molecule has 0 atom stereocenters. The summed E-state index contributed by atoms with van der Waals surface area (Å²) in [6.45, 7) is 0.492. The Morgan fingerprint density at radius 1 is 1.00 bits per heavy atom. The van der Waals surface area contributed by atoms with Crippen molar-refractivity contribution >= 4 is 40.9 Å². The van der Waals surface area contributed by atoms with Gasteiger partial charge in [0.15, 0.2) is 0 Å². The van der Waals surface area contributed by atoms with E-state index in [1.807, 2.05) is 12.1 Å². The maximum atomic E-state index is 13.0. The van der Waals surface area contributed by atoms with E-state index in [2.05, 4.69) is 4.98 Å². The highest BCUT2D eigenvalue weighted by molar-refractivity contribution is 7.98. The van der Waals surface area contributed by atoms with Crippen LogP contribution >= 0.6 is 35.0 Å². The molecule has 0 spiro atoms. The number of benzene rings is 2. The van der Waals surface area contributed by atoms with E-state index in [-0.39, 0.29) is 18.7 Å². The maximum Gasteiger partial charge on any atom is 0.303 e. The van der Waals surface area contributed by atoms with E-state index in [9.17, 15) is 9.18 Å². The SMILES string of the molecule is O=C(O)CCc1nc(CSc2c(Cl)cccc2Cl)ccc1OCCCCc1ccc(F)cc1. The predicted molar refractivity (Wildman–Crippen MR) is 131 cm³/mol. The smallest absolute Gasteiger partial charge is 0.303 e. The first-order valence-electron chi connectivity index (χ1n) is 10.6. The molecule has 1 aromatic heterocycles. The maximum absolute atomic E-state index is 13.0. The van der Waals surface area contributed by atoms with E-state index in [1.165, 1.54) is 23.9 Å². The number of aromatic nitrogens is 1. The van der Waals surface area contributed by atoms with Gasteiger partial charge in [-0.15, -0.1) is 11.8 Å². The molecule has 0 aliphatic rings. The number of carboxylic acid groups (broad SMARTS) is 1. The number of ether oxygens (including phenoxy) is 1. The Labute approximate surface area is 207 Å². The van der Waals surface area contributed by atoms with Gasteiger partial charge in [-0.3, -0.25) is 9.78 Å². The van der Waals surface area contributed by atoms with Gasteiger partial charge >= 0.3 is 5.97 Å². The van der Waals surface area contributed by atoms with Crippen LogP contribution in [-0.4, -0.2) is 22.7 Å². The van der Waals surface area contributed by atoms with Crippen molar-refractivity contribution in [1.82, 2.24) is 4.98 Å². The summed E-state index contributed by atoms with van der Waals surface area (Å²) in [7, 11) is 0. The van der Waals surface area contributed by atoms with Gasteiger partial charge in [-0.2, -0.15) is 0 Å². The third-order valence-corrected chi connectivity index (χ3v) is 6.90. The number of aliphatic carboxylic acids is 1. The second kappa shape index (κ2) is 12.8. The first kappa shape index (κ1) is 25.3. The number of halogens is 3. The Bertz CT molecular complexity index is 1060. The fourth-order valence-corrected chi connectivity index (χ4v) is 4.77. The van der Waals surface area contributed by atoms with Gasteiger partial charge in [0.05, 0.1) is 34.5 Å². The van der Waals surface area contributed by atoms with Crippen molar-refractivity contribution in [2.45, 2.75) is 42.8 Å². The lowest BCUT2D eigenvalue weighted by Gasteiger charge is -2.13. The standard InChI is InChI=1S/C25H24Cl2FNO3S/c26-20-5-3-6-21(27)25(20)33-16-19-11-13-23(22(29-19)12-14-24(30)31)32-15-2-1-4-17-7-9-18(28)10-8-17/h3,5-11,13H,1-2,4,12,14-16H2,(H,30,31). The van der Waals surface area contributed by atoms with Crippen molar-refractivity contribution in [1.29, 1.82) is 0 Å². The number of nitrogens with zero attached hydrogens (tertiary/aromatic N) is 1. The molecule has 0 saturated heterocycles. The van der Waals surface area contributed by atoms with Gasteiger partial charge in [-0.1, -0.05) is 41.4 Å². The van der Waals surface area contributed by atoms with Gasteiger partial charge < -0.3 is 9.84 Å². The Balaban J connectivity index is 1.57. The monoisotopic (exact) mass is 507 g/mol. The van der Waals surface area contributed by atoms with Gasteiger partial charge in [0.1, 0.15) is 11.6 Å². The van der Waals surface area contributed by atoms with Crippen LogP contribution in [0.25, 0.3) is 0 Å². The van der Waals surface area contributed by atoms with Gasteiger partial charge in [-0.25, -0.2) is 4.39 Å². The molecule has 0 amide bonds.